The van der Waals surface area contributed by atoms with Crippen molar-refractivity contribution < 1.29 is 18.4 Å². The predicted octanol–water partition coefficient (Wildman–Crippen LogP) is 4.26. The Bertz CT molecular complexity index is 1020. The average molecular weight is 423 g/mol. The van der Waals surface area contributed by atoms with Crippen molar-refractivity contribution in [1.29, 1.82) is 0 Å². The number of hydrogen-bond acceptors (Lipinski definition) is 6. The molecule has 162 valence electrons. The van der Waals surface area contributed by atoms with Crippen LogP contribution in [-0.4, -0.2) is 40.7 Å². The van der Waals surface area contributed by atoms with E-state index in [0.717, 1.165) is 25.1 Å². The van der Waals surface area contributed by atoms with Gasteiger partial charge in [-0.05, 0) is 56.1 Å². The fourth-order valence-electron chi connectivity index (χ4n) is 4.30. The molecule has 1 aromatic carbocycles. The molecule has 0 bridgehead atoms. The number of rotatable bonds is 7. The highest BCUT2D eigenvalue weighted by molar-refractivity contribution is 5.77. The third kappa shape index (κ3) is 4.82. The van der Waals surface area contributed by atoms with Crippen LogP contribution < -0.4 is 0 Å². The molecule has 1 atom stereocenters. The number of likely N-dealkylation sites (tertiary alicyclic amines) is 1. The number of nitrogens with zero attached hydrogens (tertiary/aromatic N) is 3. The fraction of sp³-hybridized carbons (Fsp3) is 0.375. The minimum Gasteiger partial charge on any atom is -0.466 e. The van der Waals surface area contributed by atoms with Gasteiger partial charge in [0.15, 0.2) is 0 Å². The Morgan fingerprint density at radius 2 is 2.06 bits per heavy atom. The molecule has 6 nitrogen and oxygen atoms in total. The number of hydrogen-bond donors (Lipinski definition) is 0. The number of halogens is 1. The minimum atomic E-state index is -0.729. The Morgan fingerprint density at radius 1 is 1.26 bits per heavy atom. The molecule has 7 heteroatoms. The second kappa shape index (κ2) is 9.39. The first-order chi connectivity index (χ1) is 15.1. The molecule has 1 aliphatic heterocycles. The molecule has 1 aliphatic rings. The van der Waals surface area contributed by atoms with Gasteiger partial charge in [-0.3, -0.25) is 14.7 Å². The van der Waals surface area contributed by atoms with Gasteiger partial charge < -0.3 is 9.26 Å². The largest absolute Gasteiger partial charge is 0.466 e. The van der Waals surface area contributed by atoms with Gasteiger partial charge in [0.25, 0.3) is 0 Å². The summed E-state index contributed by atoms with van der Waals surface area (Å²) >= 11 is 0. The maximum absolute atomic E-state index is 14.1. The Kier molecular flexibility index (Phi) is 6.42. The third-order valence-corrected chi connectivity index (χ3v) is 5.74. The van der Waals surface area contributed by atoms with Crippen LogP contribution >= 0.6 is 0 Å². The smallest absolute Gasteiger partial charge is 0.313 e. The summed E-state index contributed by atoms with van der Waals surface area (Å²) in [5.74, 6) is -0.0287. The van der Waals surface area contributed by atoms with E-state index in [-0.39, 0.29) is 11.8 Å². The molecule has 1 saturated heterocycles. The van der Waals surface area contributed by atoms with E-state index in [0.29, 0.717) is 43.0 Å². The van der Waals surface area contributed by atoms with Gasteiger partial charge in [0.05, 0.1) is 12.0 Å². The summed E-state index contributed by atoms with van der Waals surface area (Å²) in [6.07, 6.45) is 5.49. The van der Waals surface area contributed by atoms with Gasteiger partial charge >= 0.3 is 5.97 Å². The van der Waals surface area contributed by atoms with Crippen molar-refractivity contribution >= 4 is 5.97 Å². The van der Waals surface area contributed by atoms with E-state index < -0.39 is 5.41 Å². The average Bonchev–Trinajstić information content (AvgIpc) is 3.23. The highest BCUT2D eigenvalue weighted by Crippen LogP contribution is 2.37. The molecule has 0 amide bonds. The first kappa shape index (κ1) is 21.2. The fourth-order valence-corrected chi connectivity index (χ4v) is 4.30. The van der Waals surface area contributed by atoms with Crippen LogP contribution in [0.5, 0.6) is 0 Å². The lowest BCUT2D eigenvalue weighted by Gasteiger charge is -2.40. The molecule has 0 spiro atoms. The van der Waals surface area contributed by atoms with E-state index in [2.05, 4.69) is 15.0 Å². The zero-order chi connectivity index (χ0) is 21.7. The lowest BCUT2D eigenvalue weighted by Crippen LogP contribution is -2.49. The van der Waals surface area contributed by atoms with Gasteiger partial charge in [0, 0.05) is 43.5 Å². The number of aromatic nitrogens is 2. The number of pyridine rings is 1. The van der Waals surface area contributed by atoms with Crippen molar-refractivity contribution in [1.82, 2.24) is 15.0 Å². The summed E-state index contributed by atoms with van der Waals surface area (Å²) < 4.78 is 25.1. The second-order valence-electron chi connectivity index (χ2n) is 8.01. The summed E-state index contributed by atoms with van der Waals surface area (Å²) in [5.41, 5.74) is 1.23. The van der Waals surface area contributed by atoms with Crippen molar-refractivity contribution in [3.63, 3.8) is 0 Å². The van der Waals surface area contributed by atoms with E-state index >= 15 is 0 Å². The zero-order valence-electron chi connectivity index (χ0n) is 17.6. The van der Waals surface area contributed by atoms with E-state index in [1.54, 1.807) is 36.7 Å². The summed E-state index contributed by atoms with van der Waals surface area (Å²) in [4.78, 5) is 19.4. The van der Waals surface area contributed by atoms with Gasteiger partial charge in [0.2, 0.25) is 0 Å². The molecule has 2 aromatic heterocycles. The van der Waals surface area contributed by atoms with Gasteiger partial charge in [-0.2, -0.15) is 0 Å². The van der Waals surface area contributed by atoms with Gasteiger partial charge in [-0.15, -0.1) is 0 Å². The quantitative estimate of drug-likeness (QED) is 0.529. The van der Waals surface area contributed by atoms with Crippen molar-refractivity contribution in [2.75, 3.05) is 19.7 Å². The number of carbonyl (C=O) groups is 1. The van der Waals surface area contributed by atoms with E-state index in [4.69, 9.17) is 9.26 Å². The maximum Gasteiger partial charge on any atom is 0.313 e. The van der Waals surface area contributed by atoms with Crippen LogP contribution in [0.4, 0.5) is 4.39 Å². The first-order valence-corrected chi connectivity index (χ1v) is 10.6. The first-order valence-electron chi connectivity index (χ1n) is 10.6. The van der Waals surface area contributed by atoms with Crippen LogP contribution in [0.3, 0.4) is 0 Å². The van der Waals surface area contributed by atoms with Gasteiger partial charge in [-0.25, -0.2) is 4.39 Å². The molecule has 3 heterocycles. The third-order valence-electron chi connectivity index (χ3n) is 5.74. The molecular formula is C24H26FN3O3. The number of benzene rings is 1. The normalized spacial score (nSPS) is 19.3. The lowest BCUT2D eigenvalue weighted by atomic mass is 9.76. The molecule has 3 aromatic rings. The Balaban J connectivity index is 1.56. The highest BCUT2D eigenvalue weighted by Gasteiger charge is 2.44. The zero-order valence-corrected chi connectivity index (χ0v) is 17.6. The molecule has 0 aliphatic carbocycles. The van der Waals surface area contributed by atoms with Crippen molar-refractivity contribution in [2.45, 2.75) is 32.7 Å². The predicted molar refractivity (Wildman–Crippen MR) is 113 cm³/mol. The number of carbonyl (C=O) groups excluding carboxylic acids is 1. The van der Waals surface area contributed by atoms with Crippen LogP contribution in [-0.2, 0) is 22.5 Å². The maximum atomic E-state index is 14.1. The van der Waals surface area contributed by atoms with Crippen LogP contribution in [0.1, 0.15) is 31.1 Å². The Hall–Kier alpha value is -3.06. The van der Waals surface area contributed by atoms with E-state index in [9.17, 15) is 9.18 Å². The molecule has 0 radical (unpaired) electrons. The molecule has 31 heavy (non-hydrogen) atoms. The molecule has 4 rings (SSSR count). The topological polar surface area (TPSA) is 68.5 Å². The number of esters is 1. The summed E-state index contributed by atoms with van der Waals surface area (Å²) in [7, 11) is 0. The Labute approximate surface area is 181 Å². The standard InChI is InChI=1S/C24H26FN3O3/c1-2-30-23(29)24(10-5-13-28(17-24)16-18-8-11-26-12-9-18)15-19-14-22(27-31-19)20-6-3-4-7-21(20)25/h3-4,6-9,11-12,14H,2,5,10,13,15-17H2,1H3/t24-/m0/s1. The van der Waals surface area contributed by atoms with E-state index in [1.807, 2.05) is 19.1 Å². The molecule has 0 N–H and O–H groups in total. The molecule has 1 fully saturated rings. The van der Waals surface area contributed by atoms with Crippen LogP contribution in [0.25, 0.3) is 11.3 Å². The van der Waals surface area contributed by atoms with Crippen LogP contribution in [0.2, 0.25) is 0 Å². The second-order valence-corrected chi connectivity index (χ2v) is 8.01. The summed E-state index contributed by atoms with van der Waals surface area (Å²) in [5, 5.41) is 4.05. The summed E-state index contributed by atoms with van der Waals surface area (Å²) in [6, 6.07) is 12.1. The van der Waals surface area contributed by atoms with Crippen LogP contribution in [0.15, 0.2) is 59.4 Å². The van der Waals surface area contributed by atoms with Gasteiger partial charge in [-0.1, -0.05) is 17.3 Å². The van der Waals surface area contributed by atoms with Crippen LogP contribution in [0, 0.1) is 11.2 Å². The lowest BCUT2D eigenvalue weighted by molar-refractivity contribution is -0.159. The minimum absolute atomic E-state index is 0.224. The molecule has 0 saturated carbocycles. The van der Waals surface area contributed by atoms with Gasteiger partial charge in [0.1, 0.15) is 17.3 Å². The van der Waals surface area contributed by atoms with Crippen molar-refractivity contribution in [2.24, 2.45) is 5.41 Å². The SMILES string of the molecule is CCOC(=O)[C@]1(Cc2cc(-c3ccccc3F)no2)CCCN(Cc2ccncc2)C1. The van der Waals surface area contributed by atoms with Crippen molar-refractivity contribution in [3.05, 3.63) is 72.0 Å². The van der Waals surface area contributed by atoms with E-state index in [1.165, 1.54) is 6.07 Å². The number of ether oxygens (including phenoxy) is 1. The monoisotopic (exact) mass is 423 g/mol. The molecular weight excluding hydrogens is 397 g/mol. The highest BCUT2D eigenvalue weighted by atomic mass is 19.1. The molecule has 0 unspecified atom stereocenters. The van der Waals surface area contributed by atoms with Crippen molar-refractivity contribution in [3.8, 4) is 11.3 Å². The Morgan fingerprint density at radius 3 is 2.84 bits per heavy atom. The summed E-state index contributed by atoms with van der Waals surface area (Å²) in [6.45, 7) is 4.33. The number of piperidine rings is 1.